The molecule has 3 rings (SSSR count). The molecule has 3 aromatic rings. The van der Waals surface area contributed by atoms with Gasteiger partial charge in [0.1, 0.15) is 11.9 Å². The Morgan fingerprint density at radius 2 is 2.22 bits per heavy atom. The van der Waals surface area contributed by atoms with E-state index in [4.69, 9.17) is 4.42 Å². The molecule has 0 radical (unpaired) electrons. The molecule has 0 fully saturated rings. The van der Waals surface area contributed by atoms with Gasteiger partial charge < -0.3 is 14.8 Å². The van der Waals surface area contributed by atoms with Crippen LogP contribution >= 0.6 is 0 Å². The zero-order valence-corrected chi connectivity index (χ0v) is 12.4. The highest BCUT2D eigenvalue weighted by atomic mass is 16.6. The largest absolute Gasteiger partial charge is 0.467 e. The molecule has 2 aromatic heterocycles. The molecule has 0 amide bonds. The van der Waals surface area contributed by atoms with Gasteiger partial charge in [-0.3, -0.25) is 15.1 Å². The smallest absolute Gasteiger partial charge is 0.270 e. The Balaban J connectivity index is 1.92. The number of hydrogen-bond acceptors (Lipinski definition) is 6. The fourth-order valence-corrected chi connectivity index (χ4v) is 2.39. The van der Waals surface area contributed by atoms with Crippen LogP contribution in [0.15, 0.2) is 47.1 Å². The normalized spacial score (nSPS) is 12.3. The molecule has 2 heterocycles. The van der Waals surface area contributed by atoms with Crippen molar-refractivity contribution < 1.29 is 14.4 Å². The highest BCUT2D eigenvalue weighted by Gasteiger charge is 2.13. The first kappa shape index (κ1) is 15.0. The molecule has 2 N–H and O–H groups in total. The topological polar surface area (TPSA) is 101 Å². The van der Waals surface area contributed by atoms with E-state index in [2.05, 4.69) is 10.3 Å². The first-order valence-corrected chi connectivity index (χ1v) is 7.06. The summed E-state index contributed by atoms with van der Waals surface area (Å²) in [7, 11) is 0. The van der Waals surface area contributed by atoms with Crippen molar-refractivity contribution in [3.63, 3.8) is 0 Å². The predicted molar refractivity (Wildman–Crippen MR) is 85.3 cm³/mol. The lowest BCUT2D eigenvalue weighted by atomic mass is 10.1. The number of furan rings is 1. The van der Waals surface area contributed by atoms with E-state index in [1.165, 1.54) is 18.4 Å². The minimum Gasteiger partial charge on any atom is -0.467 e. The minimum atomic E-state index is -0.813. The first-order valence-electron chi connectivity index (χ1n) is 7.06. The molecule has 7 nitrogen and oxygen atoms in total. The van der Waals surface area contributed by atoms with E-state index in [0.29, 0.717) is 22.4 Å². The number of pyridine rings is 1. The summed E-state index contributed by atoms with van der Waals surface area (Å²) in [5.41, 5.74) is 2.12. The van der Waals surface area contributed by atoms with Crippen LogP contribution in [0, 0.1) is 17.0 Å². The molecule has 0 saturated carbocycles. The summed E-state index contributed by atoms with van der Waals surface area (Å²) >= 11 is 0. The summed E-state index contributed by atoms with van der Waals surface area (Å²) in [6.45, 7) is 2.06. The molecule has 0 aliphatic heterocycles. The summed E-state index contributed by atoms with van der Waals surface area (Å²) in [6.07, 6.45) is 0.681. The lowest BCUT2D eigenvalue weighted by molar-refractivity contribution is -0.384. The number of aliphatic hydroxyl groups excluding tert-OH is 1. The molecule has 118 valence electrons. The number of nitrogens with zero attached hydrogens (tertiary/aromatic N) is 2. The average molecular weight is 313 g/mol. The molecule has 0 unspecified atom stereocenters. The van der Waals surface area contributed by atoms with Crippen molar-refractivity contribution in [2.24, 2.45) is 0 Å². The number of rotatable bonds is 5. The summed E-state index contributed by atoms with van der Waals surface area (Å²) in [5, 5.41) is 24.8. The fraction of sp³-hybridized carbons (Fsp3) is 0.188. The lowest BCUT2D eigenvalue weighted by Crippen LogP contribution is -2.12. The van der Waals surface area contributed by atoms with Crippen molar-refractivity contribution in [3.05, 3.63) is 64.2 Å². The molecule has 0 bridgehead atoms. The van der Waals surface area contributed by atoms with Gasteiger partial charge in [0, 0.05) is 35.4 Å². The van der Waals surface area contributed by atoms with E-state index in [9.17, 15) is 15.2 Å². The van der Waals surface area contributed by atoms with Gasteiger partial charge in [0.2, 0.25) is 0 Å². The first-order chi connectivity index (χ1) is 11.0. The number of hydrogen-bond donors (Lipinski definition) is 2. The molecule has 0 saturated heterocycles. The van der Waals surface area contributed by atoms with Crippen LogP contribution in [0.5, 0.6) is 0 Å². The Labute approximate surface area is 131 Å². The third-order valence-corrected chi connectivity index (χ3v) is 3.49. The second-order valence-electron chi connectivity index (χ2n) is 5.18. The zero-order valence-electron chi connectivity index (χ0n) is 12.4. The fourth-order valence-electron chi connectivity index (χ4n) is 2.39. The van der Waals surface area contributed by atoms with Gasteiger partial charge in [-0.15, -0.1) is 0 Å². The van der Waals surface area contributed by atoms with Crippen molar-refractivity contribution in [1.29, 1.82) is 0 Å². The predicted octanol–water partition coefficient (Wildman–Crippen LogP) is 3.19. The number of nitro groups is 1. The van der Waals surface area contributed by atoms with Crippen LogP contribution in [-0.4, -0.2) is 21.6 Å². The molecule has 0 aliphatic carbocycles. The monoisotopic (exact) mass is 313 g/mol. The average Bonchev–Trinajstić information content (AvgIpc) is 3.06. The summed E-state index contributed by atoms with van der Waals surface area (Å²) in [4.78, 5) is 14.9. The van der Waals surface area contributed by atoms with Gasteiger partial charge in [-0.05, 0) is 31.2 Å². The van der Waals surface area contributed by atoms with Gasteiger partial charge in [-0.1, -0.05) is 0 Å². The zero-order chi connectivity index (χ0) is 16.4. The molecule has 0 aliphatic rings. The van der Waals surface area contributed by atoms with E-state index in [-0.39, 0.29) is 12.2 Å². The van der Waals surface area contributed by atoms with E-state index >= 15 is 0 Å². The van der Waals surface area contributed by atoms with Gasteiger partial charge in [0.25, 0.3) is 5.69 Å². The second-order valence-corrected chi connectivity index (χ2v) is 5.18. The van der Waals surface area contributed by atoms with Gasteiger partial charge in [-0.2, -0.15) is 0 Å². The van der Waals surface area contributed by atoms with Crippen molar-refractivity contribution >= 4 is 22.3 Å². The SMILES string of the molecule is Cc1cc(NC[C@@H](O)c2ccco2)c2cc([N+](=O)[O-])ccc2n1. The van der Waals surface area contributed by atoms with Gasteiger partial charge >= 0.3 is 0 Å². The van der Waals surface area contributed by atoms with Crippen LogP contribution in [0.25, 0.3) is 10.9 Å². The molecular formula is C16H15N3O4. The molecule has 23 heavy (non-hydrogen) atoms. The van der Waals surface area contributed by atoms with E-state index in [0.717, 1.165) is 5.69 Å². The van der Waals surface area contributed by atoms with Gasteiger partial charge in [-0.25, -0.2) is 0 Å². The Bertz CT molecular complexity index is 846. The third-order valence-electron chi connectivity index (χ3n) is 3.49. The highest BCUT2D eigenvalue weighted by Crippen LogP contribution is 2.27. The number of aromatic nitrogens is 1. The molecule has 1 aromatic carbocycles. The Morgan fingerprint density at radius 3 is 2.91 bits per heavy atom. The number of anilines is 1. The number of benzene rings is 1. The third kappa shape index (κ3) is 3.14. The Morgan fingerprint density at radius 1 is 1.39 bits per heavy atom. The molecule has 7 heteroatoms. The van der Waals surface area contributed by atoms with Crippen molar-refractivity contribution in [1.82, 2.24) is 4.98 Å². The molecule has 1 atom stereocenters. The van der Waals surface area contributed by atoms with Gasteiger partial charge in [0.15, 0.2) is 0 Å². The van der Waals surface area contributed by atoms with Crippen molar-refractivity contribution in [3.8, 4) is 0 Å². The Kier molecular flexibility index (Phi) is 3.94. The maximum absolute atomic E-state index is 11.0. The van der Waals surface area contributed by atoms with E-state index in [1.807, 2.05) is 6.92 Å². The van der Waals surface area contributed by atoms with Crippen LogP contribution in [-0.2, 0) is 0 Å². The molecular weight excluding hydrogens is 298 g/mol. The number of nitrogens with one attached hydrogen (secondary N) is 1. The van der Waals surface area contributed by atoms with Crippen LogP contribution < -0.4 is 5.32 Å². The van der Waals surface area contributed by atoms with Crippen molar-refractivity contribution in [2.75, 3.05) is 11.9 Å². The van der Waals surface area contributed by atoms with Gasteiger partial charge in [0.05, 0.1) is 16.7 Å². The standard InChI is InChI=1S/C16H15N3O4/c1-10-7-14(17-9-15(20)16-3-2-6-23-16)12-8-11(19(21)22)4-5-13(12)18-10/h2-8,15,20H,9H2,1H3,(H,17,18)/t15-/m1/s1. The molecule has 0 spiro atoms. The number of nitro benzene ring substituents is 1. The quantitative estimate of drug-likeness (QED) is 0.554. The maximum Gasteiger partial charge on any atom is 0.270 e. The van der Waals surface area contributed by atoms with Crippen LogP contribution in [0.3, 0.4) is 0 Å². The van der Waals surface area contributed by atoms with Crippen molar-refractivity contribution in [2.45, 2.75) is 13.0 Å². The summed E-state index contributed by atoms with van der Waals surface area (Å²) < 4.78 is 5.15. The van der Waals surface area contributed by atoms with E-state index < -0.39 is 11.0 Å². The van der Waals surface area contributed by atoms with E-state index in [1.54, 1.807) is 24.3 Å². The van der Waals surface area contributed by atoms with Crippen LogP contribution in [0.4, 0.5) is 11.4 Å². The number of non-ortho nitro benzene ring substituents is 1. The highest BCUT2D eigenvalue weighted by molar-refractivity contribution is 5.93. The Hall–Kier alpha value is -2.93. The van der Waals surface area contributed by atoms with Crippen LogP contribution in [0.2, 0.25) is 0 Å². The number of aliphatic hydroxyl groups is 1. The minimum absolute atomic E-state index is 0.00205. The maximum atomic E-state index is 11.0. The summed E-state index contributed by atoms with van der Waals surface area (Å²) in [5.74, 6) is 0.457. The summed E-state index contributed by atoms with van der Waals surface area (Å²) in [6, 6.07) is 9.70. The number of aryl methyl sites for hydroxylation is 1. The lowest BCUT2D eigenvalue weighted by Gasteiger charge is -2.13. The second kappa shape index (κ2) is 6.05. The number of fused-ring (bicyclic) bond motifs is 1. The van der Waals surface area contributed by atoms with Crippen LogP contribution in [0.1, 0.15) is 17.6 Å².